The minimum absolute atomic E-state index is 0.0885. The van der Waals surface area contributed by atoms with Crippen molar-refractivity contribution in [2.45, 2.75) is 6.42 Å². The van der Waals surface area contributed by atoms with Gasteiger partial charge < -0.3 is 14.2 Å². The Bertz CT molecular complexity index is 1100. The fourth-order valence-electron chi connectivity index (χ4n) is 3.31. The van der Waals surface area contributed by atoms with E-state index in [1.807, 2.05) is 0 Å². The van der Waals surface area contributed by atoms with Crippen LogP contribution in [0, 0.1) is 5.92 Å². The van der Waals surface area contributed by atoms with Gasteiger partial charge in [-0.15, -0.1) is 0 Å². The third kappa shape index (κ3) is 6.25. The standard InChI is InChI=1S/C23H24N4O8/c1-33-16-9-6-10-17(34-2)20(16)22(31)26-27-12-15(11-19(27)29)23(32)35-13-18(28)24-25-21(30)14-7-4-3-5-8-14/h3-10,15H,11-13H2,1-2H3,(H,24,28)(H,25,30)(H,26,31)/t15-/m0/s1. The van der Waals surface area contributed by atoms with Crippen LogP contribution >= 0.6 is 0 Å². The zero-order valence-electron chi connectivity index (χ0n) is 19.0. The summed E-state index contributed by atoms with van der Waals surface area (Å²) in [5.41, 5.74) is 7.20. The fourth-order valence-corrected chi connectivity index (χ4v) is 3.31. The summed E-state index contributed by atoms with van der Waals surface area (Å²) in [6.07, 6.45) is -0.214. The predicted molar refractivity (Wildman–Crippen MR) is 120 cm³/mol. The molecule has 0 saturated carbocycles. The molecule has 184 valence electrons. The average Bonchev–Trinajstić information content (AvgIpc) is 3.25. The average molecular weight is 484 g/mol. The summed E-state index contributed by atoms with van der Waals surface area (Å²) in [5.74, 6) is -3.66. The first-order chi connectivity index (χ1) is 16.8. The van der Waals surface area contributed by atoms with Crippen molar-refractivity contribution in [3.05, 3.63) is 59.7 Å². The van der Waals surface area contributed by atoms with E-state index >= 15 is 0 Å². The lowest BCUT2D eigenvalue weighted by atomic mass is 10.1. The van der Waals surface area contributed by atoms with E-state index in [4.69, 9.17) is 14.2 Å². The Hall–Kier alpha value is -4.61. The molecule has 1 fully saturated rings. The molecule has 2 aromatic rings. The second kappa shape index (κ2) is 11.5. The van der Waals surface area contributed by atoms with Crippen LogP contribution in [0.4, 0.5) is 0 Å². The molecule has 1 heterocycles. The van der Waals surface area contributed by atoms with E-state index in [2.05, 4.69) is 16.3 Å². The minimum Gasteiger partial charge on any atom is -0.496 e. The number of nitrogens with zero attached hydrogens (tertiary/aromatic N) is 1. The summed E-state index contributed by atoms with van der Waals surface area (Å²) in [4.78, 5) is 61.2. The zero-order chi connectivity index (χ0) is 25.4. The molecule has 0 radical (unpaired) electrons. The number of hydrogen-bond donors (Lipinski definition) is 3. The molecule has 3 N–H and O–H groups in total. The molecule has 0 unspecified atom stereocenters. The quantitative estimate of drug-likeness (QED) is 0.355. The van der Waals surface area contributed by atoms with Crippen molar-refractivity contribution in [3.63, 3.8) is 0 Å². The number of carbonyl (C=O) groups is 5. The minimum atomic E-state index is -0.894. The number of benzene rings is 2. The number of ether oxygens (including phenoxy) is 3. The molecule has 0 spiro atoms. The van der Waals surface area contributed by atoms with E-state index in [1.165, 1.54) is 14.2 Å². The molecule has 4 amide bonds. The van der Waals surface area contributed by atoms with Crippen LogP contribution < -0.4 is 25.8 Å². The second-order valence-corrected chi connectivity index (χ2v) is 7.36. The van der Waals surface area contributed by atoms with Crippen molar-refractivity contribution in [3.8, 4) is 11.5 Å². The Morgan fingerprint density at radius 1 is 0.914 bits per heavy atom. The summed E-state index contributed by atoms with van der Waals surface area (Å²) in [6, 6.07) is 13.0. The Kier molecular flexibility index (Phi) is 8.22. The summed E-state index contributed by atoms with van der Waals surface area (Å²) in [5, 5.41) is 1.00. The van der Waals surface area contributed by atoms with Crippen LogP contribution in [0.25, 0.3) is 0 Å². The molecule has 1 aliphatic rings. The van der Waals surface area contributed by atoms with Crippen molar-refractivity contribution in [2.24, 2.45) is 5.92 Å². The molecule has 3 rings (SSSR count). The number of hydrazine groups is 2. The highest BCUT2D eigenvalue weighted by Crippen LogP contribution is 2.28. The summed E-state index contributed by atoms with van der Waals surface area (Å²) in [7, 11) is 2.78. The monoisotopic (exact) mass is 484 g/mol. The van der Waals surface area contributed by atoms with Crippen LogP contribution in [-0.2, 0) is 19.1 Å². The zero-order valence-corrected chi connectivity index (χ0v) is 19.0. The third-order valence-electron chi connectivity index (χ3n) is 5.05. The van der Waals surface area contributed by atoms with Gasteiger partial charge in [0.1, 0.15) is 17.1 Å². The van der Waals surface area contributed by atoms with E-state index in [9.17, 15) is 24.0 Å². The number of hydrogen-bond acceptors (Lipinski definition) is 8. The van der Waals surface area contributed by atoms with Gasteiger partial charge in [-0.05, 0) is 24.3 Å². The van der Waals surface area contributed by atoms with Gasteiger partial charge in [-0.2, -0.15) is 0 Å². The number of amides is 4. The molecular formula is C23H24N4O8. The topological polar surface area (TPSA) is 152 Å². The van der Waals surface area contributed by atoms with Crippen LogP contribution in [0.5, 0.6) is 11.5 Å². The maximum absolute atomic E-state index is 12.8. The SMILES string of the molecule is COc1cccc(OC)c1C(=O)NN1C[C@@H](C(=O)OCC(=O)NNC(=O)c2ccccc2)CC1=O. The number of nitrogens with one attached hydrogen (secondary N) is 3. The van der Waals surface area contributed by atoms with E-state index in [0.717, 1.165) is 5.01 Å². The first-order valence-corrected chi connectivity index (χ1v) is 10.5. The molecule has 1 atom stereocenters. The number of esters is 1. The van der Waals surface area contributed by atoms with Gasteiger partial charge in [0.05, 0.1) is 26.7 Å². The lowest BCUT2D eigenvalue weighted by Crippen LogP contribution is -2.44. The van der Waals surface area contributed by atoms with Gasteiger partial charge in [0, 0.05) is 12.0 Å². The van der Waals surface area contributed by atoms with Crippen LogP contribution in [0.15, 0.2) is 48.5 Å². The van der Waals surface area contributed by atoms with Crippen LogP contribution in [-0.4, -0.2) is 62.0 Å². The van der Waals surface area contributed by atoms with Crippen LogP contribution in [0.2, 0.25) is 0 Å². The maximum atomic E-state index is 12.8. The molecule has 35 heavy (non-hydrogen) atoms. The number of rotatable bonds is 8. The highest BCUT2D eigenvalue weighted by Gasteiger charge is 2.37. The largest absolute Gasteiger partial charge is 0.496 e. The van der Waals surface area contributed by atoms with Crippen molar-refractivity contribution < 1.29 is 38.2 Å². The van der Waals surface area contributed by atoms with E-state index in [-0.39, 0.29) is 30.0 Å². The number of methoxy groups -OCH3 is 2. The van der Waals surface area contributed by atoms with Gasteiger partial charge >= 0.3 is 5.97 Å². The maximum Gasteiger partial charge on any atom is 0.311 e. The van der Waals surface area contributed by atoms with Gasteiger partial charge in [0.15, 0.2) is 6.61 Å². The third-order valence-corrected chi connectivity index (χ3v) is 5.05. The smallest absolute Gasteiger partial charge is 0.311 e. The Morgan fingerprint density at radius 3 is 2.20 bits per heavy atom. The molecule has 0 aliphatic carbocycles. The van der Waals surface area contributed by atoms with Gasteiger partial charge in [-0.25, -0.2) is 0 Å². The van der Waals surface area contributed by atoms with Crippen molar-refractivity contribution >= 4 is 29.6 Å². The van der Waals surface area contributed by atoms with Crippen molar-refractivity contribution in [2.75, 3.05) is 27.4 Å². The fraction of sp³-hybridized carbons (Fsp3) is 0.261. The normalized spacial score (nSPS) is 14.6. The molecular weight excluding hydrogens is 460 g/mol. The van der Waals surface area contributed by atoms with E-state index in [0.29, 0.717) is 5.56 Å². The van der Waals surface area contributed by atoms with Crippen LogP contribution in [0.1, 0.15) is 27.1 Å². The first-order valence-electron chi connectivity index (χ1n) is 10.5. The second-order valence-electron chi connectivity index (χ2n) is 7.36. The molecule has 1 saturated heterocycles. The predicted octanol–water partition coefficient (Wildman–Crippen LogP) is 0.202. The van der Waals surface area contributed by atoms with Crippen LogP contribution in [0.3, 0.4) is 0 Å². The number of carbonyl (C=O) groups excluding carboxylic acids is 5. The molecule has 0 bridgehead atoms. The molecule has 1 aliphatic heterocycles. The van der Waals surface area contributed by atoms with Crippen molar-refractivity contribution in [1.29, 1.82) is 0 Å². The Balaban J connectivity index is 1.49. The molecule has 2 aromatic carbocycles. The summed E-state index contributed by atoms with van der Waals surface area (Å²) < 4.78 is 15.3. The molecule has 0 aromatic heterocycles. The van der Waals surface area contributed by atoms with E-state index in [1.54, 1.807) is 48.5 Å². The van der Waals surface area contributed by atoms with Gasteiger partial charge in [-0.3, -0.25) is 45.3 Å². The van der Waals surface area contributed by atoms with E-state index < -0.39 is 42.1 Å². The Labute approximate surface area is 200 Å². The highest BCUT2D eigenvalue weighted by molar-refractivity contribution is 6.01. The summed E-state index contributed by atoms with van der Waals surface area (Å²) >= 11 is 0. The van der Waals surface area contributed by atoms with Gasteiger partial charge in [-0.1, -0.05) is 24.3 Å². The first kappa shape index (κ1) is 25.0. The Morgan fingerprint density at radius 2 is 1.57 bits per heavy atom. The highest BCUT2D eigenvalue weighted by atomic mass is 16.5. The molecule has 12 nitrogen and oxygen atoms in total. The lowest BCUT2D eigenvalue weighted by molar-refractivity contribution is -0.152. The lowest BCUT2D eigenvalue weighted by Gasteiger charge is -2.19. The van der Waals surface area contributed by atoms with Gasteiger partial charge in [0.25, 0.3) is 17.7 Å². The molecule has 12 heteroatoms. The summed E-state index contributed by atoms with van der Waals surface area (Å²) in [6.45, 7) is -0.809. The van der Waals surface area contributed by atoms with Crippen molar-refractivity contribution in [1.82, 2.24) is 21.3 Å². The van der Waals surface area contributed by atoms with Gasteiger partial charge in [0.2, 0.25) is 5.91 Å².